The summed E-state index contributed by atoms with van der Waals surface area (Å²) in [6.45, 7) is 0.383. The molecule has 0 aliphatic carbocycles. The molecule has 0 fully saturated rings. The summed E-state index contributed by atoms with van der Waals surface area (Å²) in [6, 6.07) is 9.98. The fourth-order valence-corrected chi connectivity index (χ4v) is 2.64. The summed E-state index contributed by atoms with van der Waals surface area (Å²) in [5.74, 6) is -0.176. The Hall–Kier alpha value is -1.91. The molecule has 0 heterocycles. The average molecular weight is 324 g/mol. The molecule has 6 heteroatoms. The number of nitrogens with zero attached hydrogens (tertiary/aromatic N) is 1. The second kappa shape index (κ2) is 6.24. The van der Waals surface area contributed by atoms with Gasteiger partial charge in [-0.15, -0.1) is 0 Å². The van der Waals surface area contributed by atoms with E-state index in [9.17, 15) is 4.79 Å². The fourth-order valence-electron chi connectivity index (χ4n) is 2.07. The normalized spacial score (nSPS) is 10.4. The van der Waals surface area contributed by atoms with Gasteiger partial charge in [-0.25, -0.2) is 0 Å². The van der Waals surface area contributed by atoms with Crippen molar-refractivity contribution >= 4 is 40.5 Å². The molecule has 110 valence electrons. The smallest absolute Gasteiger partial charge is 0.254 e. The first kappa shape index (κ1) is 15.5. The number of hydrogen-bond acceptors (Lipinski definition) is 3. The predicted molar refractivity (Wildman–Crippen MR) is 87.5 cm³/mol. The van der Waals surface area contributed by atoms with Crippen molar-refractivity contribution in [2.75, 3.05) is 18.5 Å². The third-order valence-corrected chi connectivity index (χ3v) is 3.35. The van der Waals surface area contributed by atoms with Crippen LogP contribution in [0.15, 0.2) is 36.4 Å². The summed E-state index contributed by atoms with van der Waals surface area (Å²) in [5.41, 5.74) is 13.6. The van der Waals surface area contributed by atoms with Gasteiger partial charge in [0.25, 0.3) is 5.91 Å². The number of anilines is 2. The molecule has 2 rings (SSSR count). The number of halogens is 2. The van der Waals surface area contributed by atoms with Crippen molar-refractivity contribution in [1.82, 2.24) is 4.90 Å². The zero-order chi connectivity index (χ0) is 15.6. The van der Waals surface area contributed by atoms with Gasteiger partial charge in [0.2, 0.25) is 0 Å². The van der Waals surface area contributed by atoms with Crippen LogP contribution in [0.1, 0.15) is 15.9 Å². The lowest BCUT2D eigenvalue weighted by atomic mass is 10.1. The lowest BCUT2D eigenvalue weighted by molar-refractivity contribution is 0.0785. The van der Waals surface area contributed by atoms with Gasteiger partial charge in [0.05, 0.1) is 0 Å². The van der Waals surface area contributed by atoms with E-state index in [1.165, 1.54) is 0 Å². The predicted octanol–water partition coefficient (Wildman–Crippen LogP) is 3.43. The van der Waals surface area contributed by atoms with Gasteiger partial charge in [-0.2, -0.15) is 0 Å². The maximum Gasteiger partial charge on any atom is 0.254 e. The highest BCUT2D eigenvalue weighted by Gasteiger charge is 2.13. The molecular formula is C15H15Cl2N3O. The molecule has 0 aliphatic rings. The molecule has 0 spiro atoms. The molecular weight excluding hydrogens is 309 g/mol. The minimum absolute atomic E-state index is 0.176. The third-order valence-electron chi connectivity index (χ3n) is 2.91. The van der Waals surface area contributed by atoms with E-state index in [4.69, 9.17) is 34.7 Å². The van der Waals surface area contributed by atoms with E-state index in [0.717, 1.165) is 5.56 Å². The Morgan fingerprint density at radius 3 is 2.05 bits per heavy atom. The number of hydrogen-bond donors (Lipinski definition) is 2. The van der Waals surface area contributed by atoms with Gasteiger partial charge < -0.3 is 16.4 Å². The van der Waals surface area contributed by atoms with E-state index in [0.29, 0.717) is 33.5 Å². The second-order valence-corrected chi connectivity index (χ2v) is 5.70. The van der Waals surface area contributed by atoms with Crippen LogP contribution in [0.25, 0.3) is 0 Å². The van der Waals surface area contributed by atoms with E-state index < -0.39 is 0 Å². The maximum atomic E-state index is 12.4. The molecule has 0 bridgehead atoms. The Morgan fingerprint density at radius 1 is 1.00 bits per heavy atom. The van der Waals surface area contributed by atoms with Gasteiger partial charge in [-0.3, -0.25) is 4.79 Å². The highest BCUT2D eigenvalue weighted by Crippen LogP contribution is 2.21. The van der Waals surface area contributed by atoms with Crippen LogP contribution in [-0.4, -0.2) is 17.9 Å². The minimum atomic E-state index is -0.176. The average Bonchev–Trinajstić information content (AvgIpc) is 2.35. The number of nitrogens with two attached hydrogens (primary N) is 2. The fraction of sp³-hybridized carbons (Fsp3) is 0.133. The van der Waals surface area contributed by atoms with Gasteiger partial charge in [0.1, 0.15) is 0 Å². The van der Waals surface area contributed by atoms with Crippen LogP contribution in [0.2, 0.25) is 10.0 Å². The summed E-state index contributed by atoms with van der Waals surface area (Å²) in [5, 5.41) is 1.07. The van der Waals surface area contributed by atoms with Crippen LogP contribution < -0.4 is 11.5 Å². The zero-order valence-electron chi connectivity index (χ0n) is 11.4. The van der Waals surface area contributed by atoms with Crippen LogP contribution in [0.4, 0.5) is 11.4 Å². The Labute approximate surface area is 133 Å². The van der Waals surface area contributed by atoms with Crippen molar-refractivity contribution in [3.8, 4) is 0 Å². The number of benzene rings is 2. The topological polar surface area (TPSA) is 72.3 Å². The highest BCUT2D eigenvalue weighted by molar-refractivity contribution is 6.34. The molecule has 4 N–H and O–H groups in total. The van der Waals surface area contributed by atoms with Gasteiger partial charge in [0.15, 0.2) is 0 Å². The van der Waals surface area contributed by atoms with E-state index in [2.05, 4.69) is 0 Å². The molecule has 0 aromatic heterocycles. The first-order valence-corrected chi connectivity index (χ1v) is 6.97. The lowest BCUT2D eigenvalue weighted by Crippen LogP contribution is -2.26. The van der Waals surface area contributed by atoms with Crippen molar-refractivity contribution in [3.05, 3.63) is 57.6 Å². The highest BCUT2D eigenvalue weighted by atomic mass is 35.5. The number of carbonyl (C=O) groups is 1. The number of rotatable bonds is 3. The summed E-state index contributed by atoms with van der Waals surface area (Å²) in [6.07, 6.45) is 0. The van der Waals surface area contributed by atoms with Crippen molar-refractivity contribution in [2.24, 2.45) is 0 Å². The van der Waals surface area contributed by atoms with Crippen LogP contribution in [0.5, 0.6) is 0 Å². The first-order valence-electron chi connectivity index (χ1n) is 6.21. The van der Waals surface area contributed by atoms with E-state index >= 15 is 0 Å². The van der Waals surface area contributed by atoms with Gasteiger partial charge in [-0.05, 0) is 42.0 Å². The van der Waals surface area contributed by atoms with Crippen LogP contribution in [-0.2, 0) is 6.54 Å². The van der Waals surface area contributed by atoms with E-state index in [1.54, 1.807) is 48.3 Å². The molecule has 1 amide bonds. The van der Waals surface area contributed by atoms with Crippen molar-refractivity contribution in [1.29, 1.82) is 0 Å². The SMILES string of the molecule is CN(Cc1cc(Cl)cc(Cl)c1)C(=O)c1cc(N)cc(N)c1. The first-order chi connectivity index (χ1) is 9.85. The molecule has 0 atom stereocenters. The molecule has 0 saturated carbocycles. The number of nitrogen functional groups attached to an aromatic ring is 2. The van der Waals surface area contributed by atoms with Gasteiger partial charge >= 0.3 is 0 Å². The monoisotopic (exact) mass is 323 g/mol. The Balaban J connectivity index is 2.19. The molecule has 21 heavy (non-hydrogen) atoms. The van der Waals surface area contributed by atoms with Crippen molar-refractivity contribution in [3.63, 3.8) is 0 Å². The third kappa shape index (κ3) is 4.03. The molecule has 0 aliphatic heterocycles. The number of amides is 1. The lowest BCUT2D eigenvalue weighted by Gasteiger charge is -2.18. The Bertz CT molecular complexity index is 648. The Morgan fingerprint density at radius 2 is 1.52 bits per heavy atom. The van der Waals surface area contributed by atoms with Gasteiger partial charge in [-0.1, -0.05) is 23.2 Å². The molecule has 4 nitrogen and oxygen atoms in total. The molecule has 2 aromatic rings. The summed E-state index contributed by atoms with van der Waals surface area (Å²) >= 11 is 11.9. The largest absolute Gasteiger partial charge is 0.399 e. The minimum Gasteiger partial charge on any atom is -0.399 e. The van der Waals surface area contributed by atoms with Crippen molar-refractivity contribution < 1.29 is 4.79 Å². The maximum absolute atomic E-state index is 12.4. The summed E-state index contributed by atoms with van der Waals surface area (Å²) in [4.78, 5) is 13.9. The molecule has 2 aromatic carbocycles. The molecule has 0 saturated heterocycles. The summed E-state index contributed by atoms with van der Waals surface area (Å²) in [7, 11) is 1.69. The number of carbonyl (C=O) groups excluding carboxylic acids is 1. The summed E-state index contributed by atoms with van der Waals surface area (Å²) < 4.78 is 0. The zero-order valence-corrected chi connectivity index (χ0v) is 12.9. The van der Waals surface area contributed by atoms with Crippen LogP contribution in [0.3, 0.4) is 0 Å². The van der Waals surface area contributed by atoms with Gasteiger partial charge in [0, 0.05) is 40.6 Å². The van der Waals surface area contributed by atoms with Crippen LogP contribution >= 0.6 is 23.2 Å². The molecule has 0 radical (unpaired) electrons. The molecule has 0 unspecified atom stereocenters. The van der Waals surface area contributed by atoms with E-state index in [1.807, 2.05) is 0 Å². The standard InChI is InChI=1S/C15H15Cl2N3O/c1-20(8-9-2-11(16)6-12(17)3-9)15(21)10-4-13(18)7-14(19)5-10/h2-7H,8,18-19H2,1H3. The van der Waals surface area contributed by atoms with Crippen molar-refractivity contribution in [2.45, 2.75) is 6.54 Å². The van der Waals surface area contributed by atoms with Crippen LogP contribution in [0, 0.1) is 0 Å². The van der Waals surface area contributed by atoms with E-state index in [-0.39, 0.29) is 5.91 Å². The second-order valence-electron chi connectivity index (χ2n) is 4.83. The quantitative estimate of drug-likeness (QED) is 0.850. The Kier molecular flexibility index (Phi) is 4.60.